The van der Waals surface area contributed by atoms with Crippen molar-refractivity contribution in [3.8, 4) is 5.75 Å². The van der Waals surface area contributed by atoms with Gasteiger partial charge in [-0.05, 0) is 24.3 Å². The Morgan fingerprint density at radius 3 is 2.48 bits per heavy atom. The Kier molecular flexibility index (Phi) is 3.90. The summed E-state index contributed by atoms with van der Waals surface area (Å²) in [5, 5.41) is 8.33. The van der Waals surface area contributed by atoms with Crippen LogP contribution in [0.5, 0.6) is 5.75 Å². The number of furan rings is 1. The predicted molar refractivity (Wildman–Crippen MR) is 74.3 cm³/mol. The summed E-state index contributed by atoms with van der Waals surface area (Å²) in [5.74, 6) is -1.41. The highest BCUT2D eigenvalue weighted by Crippen LogP contribution is 2.31. The predicted octanol–water partition coefficient (Wildman–Crippen LogP) is 1.81. The van der Waals surface area contributed by atoms with E-state index >= 15 is 0 Å². The van der Waals surface area contributed by atoms with Crippen LogP contribution < -0.4 is 9.04 Å². The number of anilines is 1. The Morgan fingerprint density at radius 2 is 1.90 bits per heavy atom. The number of hydrogen-bond donors (Lipinski definition) is 1. The van der Waals surface area contributed by atoms with Gasteiger partial charge in [-0.25, -0.2) is 4.79 Å². The molecule has 8 heteroatoms. The summed E-state index contributed by atoms with van der Waals surface area (Å²) in [6, 6.07) is 8.74. The lowest BCUT2D eigenvalue weighted by atomic mass is 10.3. The van der Waals surface area contributed by atoms with Gasteiger partial charge >= 0.3 is 5.97 Å². The summed E-state index contributed by atoms with van der Waals surface area (Å²) in [5.41, 5.74) is 0.313. The minimum Gasteiger partial charge on any atom is -0.495 e. The van der Waals surface area contributed by atoms with Gasteiger partial charge in [0.05, 0.1) is 12.8 Å². The summed E-state index contributed by atoms with van der Waals surface area (Å²) in [7, 11) is -1.26. The van der Waals surface area contributed by atoms with Crippen LogP contribution in [0.1, 0.15) is 10.6 Å². The zero-order valence-corrected chi connectivity index (χ0v) is 12.1. The maximum Gasteiger partial charge on any atom is 0.371 e. The van der Waals surface area contributed by atoms with Gasteiger partial charge in [0.1, 0.15) is 5.75 Å². The molecule has 0 unspecified atom stereocenters. The van der Waals surface area contributed by atoms with Gasteiger partial charge in [-0.15, -0.1) is 0 Å². The minimum atomic E-state index is -4.01. The molecule has 1 aromatic carbocycles. The lowest BCUT2D eigenvalue weighted by Crippen LogP contribution is -2.26. The van der Waals surface area contributed by atoms with E-state index < -0.39 is 26.8 Å². The number of carbonyl (C=O) groups is 1. The summed E-state index contributed by atoms with van der Waals surface area (Å²) >= 11 is 0. The fourth-order valence-corrected chi connectivity index (χ4v) is 2.84. The number of nitrogens with zero attached hydrogens (tertiary/aromatic N) is 1. The lowest BCUT2D eigenvalue weighted by Gasteiger charge is -2.20. The van der Waals surface area contributed by atoms with Gasteiger partial charge in [0.2, 0.25) is 10.9 Å². The molecule has 0 aliphatic rings. The fourth-order valence-electron chi connectivity index (χ4n) is 1.73. The number of carboxylic acids is 1. The molecule has 0 spiro atoms. The smallest absolute Gasteiger partial charge is 0.371 e. The topological polar surface area (TPSA) is 97.0 Å². The molecule has 1 N–H and O–H groups in total. The van der Waals surface area contributed by atoms with E-state index in [-0.39, 0.29) is 0 Å². The number of rotatable bonds is 5. The fraction of sp³-hybridized carbons (Fsp3) is 0.154. The molecule has 0 atom stereocenters. The van der Waals surface area contributed by atoms with Crippen molar-refractivity contribution in [1.29, 1.82) is 0 Å². The Hall–Kier alpha value is -2.48. The highest BCUT2D eigenvalue weighted by Gasteiger charge is 2.27. The number of carboxylic acid groups (broad SMARTS) is 1. The van der Waals surface area contributed by atoms with Gasteiger partial charge < -0.3 is 14.3 Å². The second-order valence-corrected chi connectivity index (χ2v) is 5.97. The first-order chi connectivity index (χ1) is 9.87. The summed E-state index contributed by atoms with van der Waals surface area (Å²) < 4.78 is 35.8. The van der Waals surface area contributed by atoms with E-state index in [4.69, 9.17) is 14.3 Å². The van der Waals surface area contributed by atoms with E-state index in [1.807, 2.05) is 0 Å². The normalized spacial score (nSPS) is 11.1. The van der Waals surface area contributed by atoms with E-state index in [9.17, 15) is 13.2 Å². The second kappa shape index (κ2) is 5.49. The van der Waals surface area contributed by atoms with Crippen LogP contribution >= 0.6 is 0 Å². The maximum absolute atomic E-state index is 12.4. The first-order valence-electron chi connectivity index (χ1n) is 5.83. The number of hydrogen-bond acceptors (Lipinski definition) is 5. The SMILES string of the molecule is COc1ccccc1N(C)S(=O)(=O)c1ccc(C(=O)O)o1. The van der Waals surface area contributed by atoms with Crippen LogP contribution in [0.15, 0.2) is 45.9 Å². The summed E-state index contributed by atoms with van der Waals surface area (Å²) in [4.78, 5) is 10.8. The number of aromatic carboxylic acids is 1. The molecule has 0 radical (unpaired) electrons. The molecule has 0 bridgehead atoms. The Balaban J connectivity index is 2.45. The number of ether oxygens (including phenoxy) is 1. The zero-order valence-electron chi connectivity index (χ0n) is 11.3. The van der Waals surface area contributed by atoms with Crippen LogP contribution in [0, 0.1) is 0 Å². The molecule has 1 heterocycles. The van der Waals surface area contributed by atoms with Crippen LogP contribution in [0.2, 0.25) is 0 Å². The van der Waals surface area contributed by atoms with Gasteiger partial charge in [0, 0.05) is 7.05 Å². The average Bonchev–Trinajstić information content (AvgIpc) is 2.97. The second-order valence-electron chi connectivity index (χ2n) is 4.07. The van der Waals surface area contributed by atoms with E-state index in [1.165, 1.54) is 14.2 Å². The zero-order chi connectivity index (χ0) is 15.6. The van der Waals surface area contributed by atoms with Crippen LogP contribution in [-0.2, 0) is 10.0 Å². The summed E-state index contributed by atoms with van der Waals surface area (Å²) in [6.45, 7) is 0. The lowest BCUT2D eigenvalue weighted by molar-refractivity contribution is 0.0656. The molecule has 0 saturated heterocycles. The number of methoxy groups -OCH3 is 1. The standard InChI is InChI=1S/C13H13NO6S/c1-14(9-5-3-4-6-10(9)19-2)21(17,18)12-8-7-11(20-12)13(15)16/h3-8H,1-2H3,(H,15,16). The van der Waals surface area contributed by atoms with E-state index in [2.05, 4.69) is 0 Å². The van der Waals surface area contributed by atoms with Gasteiger partial charge in [-0.1, -0.05) is 12.1 Å². The molecule has 2 aromatic rings. The Bertz CT molecular complexity index is 764. The van der Waals surface area contributed by atoms with Crippen LogP contribution in [0.4, 0.5) is 5.69 Å². The van der Waals surface area contributed by atoms with E-state index in [1.54, 1.807) is 24.3 Å². The Morgan fingerprint density at radius 1 is 1.24 bits per heavy atom. The molecular formula is C13H13NO6S. The van der Waals surface area contributed by atoms with Gasteiger partial charge in [0.25, 0.3) is 10.0 Å². The van der Waals surface area contributed by atoms with Crippen molar-refractivity contribution in [2.75, 3.05) is 18.5 Å². The van der Waals surface area contributed by atoms with Gasteiger partial charge in [-0.2, -0.15) is 8.42 Å². The van der Waals surface area contributed by atoms with Crippen molar-refractivity contribution in [2.24, 2.45) is 0 Å². The third-order valence-corrected chi connectivity index (χ3v) is 4.48. The number of para-hydroxylation sites is 2. The summed E-state index contributed by atoms with van der Waals surface area (Å²) in [6.07, 6.45) is 0. The number of sulfonamides is 1. The average molecular weight is 311 g/mol. The first kappa shape index (κ1) is 14.9. The van der Waals surface area contributed by atoms with Crippen molar-refractivity contribution in [3.63, 3.8) is 0 Å². The molecule has 0 amide bonds. The molecule has 1 aromatic heterocycles. The highest BCUT2D eigenvalue weighted by atomic mass is 32.2. The van der Waals surface area contributed by atoms with Crippen LogP contribution in [0.3, 0.4) is 0 Å². The molecule has 0 saturated carbocycles. The first-order valence-corrected chi connectivity index (χ1v) is 7.27. The third kappa shape index (κ3) is 2.70. The molecule has 2 rings (SSSR count). The molecule has 7 nitrogen and oxygen atoms in total. The molecular weight excluding hydrogens is 298 g/mol. The van der Waals surface area contributed by atoms with Crippen molar-refractivity contribution >= 4 is 21.7 Å². The Labute approximate surface area is 121 Å². The van der Waals surface area contributed by atoms with Crippen molar-refractivity contribution in [3.05, 3.63) is 42.2 Å². The maximum atomic E-state index is 12.4. The van der Waals surface area contributed by atoms with Crippen molar-refractivity contribution in [1.82, 2.24) is 0 Å². The largest absolute Gasteiger partial charge is 0.495 e. The number of benzene rings is 1. The van der Waals surface area contributed by atoms with Crippen molar-refractivity contribution in [2.45, 2.75) is 5.09 Å². The molecule has 0 aliphatic carbocycles. The van der Waals surface area contributed by atoms with Crippen LogP contribution in [-0.4, -0.2) is 33.7 Å². The minimum absolute atomic E-state index is 0.313. The highest BCUT2D eigenvalue weighted by molar-refractivity contribution is 7.92. The van der Waals surface area contributed by atoms with E-state index in [0.29, 0.717) is 11.4 Å². The molecule has 0 fully saturated rings. The molecule has 21 heavy (non-hydrogen) atoms. The van der Waals surface area contributed by atoms with E-state index in [0.717, 1.165) is 16.4 Å². The molecule has 0 aliphatic heterocycles. The molecule has 112 valence electrons. The van der Waals surface area contributed by atoms with Gasteiger partial charge in [0.15, 0.2) is 0 Å². The quantitative estimate of drug-likeness (QED) is 0.904. The monoisotopic (exact) mass is 311 g/mol. The van der Waals surface area contributed by atoms with Crippen molar-refractivity contribution < 1.29 is 27.5 Å². The van der Waals surface area contributed by atoms with Gasteiger partial charge in [-0.3, -0.25) is 4.31 Å². The third-order valence-electron chi connectivity index (χ3n) is 2.83. The van der Waals surface area contributed by atoms with Crippen LogP contribution in [0.25, 0.3) is 0 Å².